The molecule has 0 bridgehead atoms. The zero-order valence-electron chi connectivity index (χ0n) is 27.8. The molecule has 1 atom stereocenters. The fourth-order valence-corrected chi connectivity index (χ4v) is 11.0. The summed E-state index contributed by atoms with van der Waals surface area (Å²) >= 11 is 12.9. The lowest BCUT2D eigenvalue weighted by Crippen LogP contribution is -2.66. The third kappa shape index (κ3) is 7.42. The van der Waals surface area contributed by atoms with E-state index in [1.54, 1.807) is 42.6 Å². The van der Waals surface area contributed by atoms with Crippen molar-refractivity contribution < 1.29 is 18.7 Å². The van der Waals surface area contributed by atoms with Gasteiger partial charge in [-0.15, -0.1) is 0 Å². The maximum absolute atomic E-state index is 13.6. The first-order valence-electron chi connectivity index (χ1n) is 16.0. The van der Waals surface area contributed by atoms with E-state index in [4.69, 9.17) is 37.1 Å². The summed E-state index contributed by atoms with van der Waals surface area (Å²) in [5.41, 5.74) is 0.859. The highest BCUT2D eigenvalue weighted by atomic mass is 35.5. The van der Waals surface area contributed by atoms with E-state index in [9.17, 15) is 4.79 Å². The highest BCUT2D eigenvalue weighted by Gasteiger charge is 2.50. The molecular weight excluding hydrogens is 691 g/mol. The second kappa shape index (κ2) is 15.5. The van der Waals surface area contributed by atoms with Gasteiger partial charge in [0.25, 0.3) is 14.2 Å². The Balaban J connectivity index is 1.23. The van der Waals surface area contributed by atoms with Gasteiger partial charge in [0.15, 0.2) is 5.65 Å². The molecule has 3 aromatic heterocycles. The van der Waals surface area contributed by atoms with E-state index in [2.05, 4.69) is 70.4 Å². The van der Waals surface area contributed by atoms with Crippen molar-refractivity contribution in [2.45, 2.75) is 31.9 Å². The molecule has 0 spiro atoms. The number of ether oxygens (including phenoxy) is 2. The first kappa shape index (κ1) is 35.2. The van der Waals surface area contributed by atoms with E-state index in [-0.39, 0.29) is 24.1 Å². The average Bonchev–Trinajstić information content (AvgIpc) is 3.54. The molecule has 1 N–H and O–H groups in total. The normalized spacial score (nSPS) is 12.5. The number of hydrogen-bond donors (Lipinski definition) is 1. The number of hydrogen-bond acceptors (Lipinski definition) is 8. The van der Waals surface area contributed by atoms with Crippen LogP contribution in [0.5, 0.6) is 5.88 Å². The highest BCUT2D eigenvalue weighted by molar-refractivity contribution is 6.99. The Kier molecular flexibility index (Phi) is 10.9. The Bertz CT molecular complexity index is 1990. The second-order valence-electron chi connectivity index (χ2n) is 12.4. The van der Waals surface area contributed by atoms with Gasteiger partial charge in [-0.1, -0.05) is 117 Å². The molecule has 0 aliphatic heterocycles. The molecule has 3 heterocycles. The van der Waals surface area contributed by atoms with Gasteiger partial charge < -0.3 is 19.2 Å². The monoisotopic (exact) mass is 726 g/mol. The van der Waals surface area contributed by atoms with E-state index in [1.165, 1.54) is 27.6 Å². The van der Waals surface area contributed by atoms with E-state index >= 15 is 0 Å². The van der Waals surface area contributed by atoms with Crippen LogP contribution in [-0.2, 0) is 14.0 Å². The molecule has 10 nitrogen and oxygen atoms in total. The van der Waals surface area contributed by atoms with E-state index in [0.717, 1.165) is 0 Å². The van der Waals surface area contributed by atoms with Crippen molar-refractivity contribution in [1.82, 2.24) is 24.7 Å². The number of amides is 1. The molecule has 3 aromatic carbocycles. The van der Waals surface area contributed by atoms with Crippen LogP contribution in [0.4, 0.5) is 5.82 Å². The zero-order chi connectivity index (χ0) is 35.1. The number of benzene rings is 3. The summed E-state index contributed by atoms with van der Waals surface area (Å²) in [5, 5.41) is 10.6. The smallest absolute Gasteiger partial charge is 0.269 e. The molecular formula is C37H36Cl2N6O4Si. The molecule has 0 aliphatic carbocycles. The molecule has 0 saturated heterocycles. The van der Waals surface area contributed by atoms with Gasteiger partial charge in [-0.05, 0) is 39.7 Å². The predicted molar refractivity (Wildman–Crippen MR) is 198 cm³/mol. The maximum atomic E-state index is 13.6. The van der Waals surface area contributed by atoms with Crippen molar-refractivity contribution >= 4 is 64.7 Å². The number of pyridine rings is 1. The van der Waals surface area contributed by atoms with Crippen LogP contribution < -0.4 is 20.4 Å². The molecule has 1 unspecified atom stereocenters. The third-order valence-electron chi connectivity index (χ3n) is 8.17. The summed E-state index contributed by atoms with van der Waals surface area (Å²) < 4.78 is 20.8. The van der Waals surface area contributed by atoms with Crippen LogP contribution in [0.2, 0.25) is 15.1 Å². The minimum atomic E-state index is -2.77. The number of carbonyl (C=O) groups is 1. The van der Waals surface area contributed by atoms with Crippen LogP contribution in [0, 0.1) is 0 Å². The molecule has 0 radical (unpaired) electrons. The zero-order valence-corrected chi connectivity index (χ0v) is 30.3. The van der Waals surface area contributed by atoms with Crippen LogP contribution in [0.3, 0.4) is 0 Å². The number of nitrogens with one attached hydrogen (secondary N) is 1. The molecule has 1 amide bonds. The Morgan fingerprint density at radius 3 is 2.12 bits per heavy atom. The van der Waals surface area contributed by atoms with Gasteiger partial charge in [0, 0.05) is 6.20 Å². The quantitative estimate of drug-likeness (QED) is 0.106. The van der Waals surface area contributed by atoms with Crippen molar-refractivity contribution in [1.29, 1.82) is 0 Å². The van der Waals surface area contributed by atoms with Crippen molar-refractivity contribution in [2.75, 3.05) is 25.1 Å². The molecule has 256 valence electrons. The minimum absolute atomic E-state index is 0.0985. The molecule has 50 heavy (non-hydrogen) atoms. The topological polar surface area (TPSA) is 113 Å². The van der Waals surface area contributed by atoms with Gasteiger partial charge in [-0.3, -0.25) is 4.79 Å². The average molecular weight is 728 g/mol. The van der Waals surface area contributed by atoms with Gasteiger partial charge in [0.05, 0.1) is 36.1 Å². The van der Waals surface area contributed by atoms with Crippen molar-refractivity contribution in [3.63, 3.8) is 0 Å². The number of rotatable bonds is 13. The number of para-hydroxylation sites is 1. The van der Waals surface area contributed by atoms with E-state index < -0.39 is 20.3 Å². The summed E-state index contributed by atoms with van der Waals surface area (Å²) in [6, 6.07) is 31.2. The standard InChI is InChI=1S/C37H36Cl2N6O4Si/c1-37(2,3)50(26-13-6-4-7-14-26,27-15-8-5-9-16-27)48-22-21-47-24-31(35(46)44-32-19-10-11-20-40-32)49-36-28-23-43-45(34(28)41-25-42-36)33-29(38)17-12-18-30(33)39/h4-20,23,25,31H,21-22,24H2,1-3H3,(H,40,44,46). The van der Waals surface area contributed by atoms with Crippen LogP contribution >= 0.6 is 23.2 Å². The van der Waals surface area contributed by atoms with Crippen molar-refractivity contribution in [3.05, 3.63) is 126 Å². The van der Waals surface area contributed by atoms with Crippen molar-refractivity contribution in [3.8, 4) is 11.6 Å². The number of halogens is 2. The second-order valence-corrected chi connectivity index (χ2v) is 17.6. The fraction of sp³-hybridized carbons (Fsp3) is 0.216. The third-order valence-corrected chi connectivity index (χ3v) is 13.8. The van der Waals surface area contributed by atoms with Crippen LogP contribution in [0.1, 0.15) is 20.8 Å². The number of carbonyl (C=O) groups excluding carboxylic acids is 1. The van der Waals surface area contributed by atoms with Gasteiger partial charge in [0.2, 0.25) is 12.0 Å². The predicted octanol–water partition coefficient (Wildman–Crippen LogP) is 6.50. The first-order valence-corrected chi connectivity index (χ1v) is 18.7. The lowest BCUT2D eigenvalue weighted by molar-refractivity contribution is -0.125. The van der Waals surface area contributed by atoms with Gasteiger partial charge in [0.1, 0.15) is 23.2 Å². The highest BCUT2D eigenvalue weighted by Crippen LogP contribution is 2.37. The largest absolute Gasteiger partial charge is 0.461 e. The molecule has 0 fully saturated rings. The minimum Gasteiger partial charge on any atom is -0.461 e. The lowest BCUT2D eigenvalue weighted by Gasteiger charge is -2.43. The fourth-order valence-electron chi connectivity index (χ4n) is 5.92. The summed E-state index contributed by atoms with van der Waals surface area (Å²) in [5.74, 6) is 0.0396. The Morgan fingerprint density at radius 1 is 0.840 bits per heavy atom. The maximum Gasteiger partial charge on any atom is 0.269 e. The number of nitrogens with zero attached hydrogens (tertiary/aromatic N) is 5. The molecule has 6 rings (SSSR count). The van der Waals surface area contributed by atoms with Crippen LogP contribution in [0.25, 0.3) is 16.7 Å². The molecule has 0 saturated carbocycles. The van der Waals surface area contributed by atoms with E-state index in [0.29, 0.717) is 39.2 Å². The number of aromatic nitrogens is 5. The van der Waals surface area contributed by atoms with Gasteiger partial charge >= 0.3 is 0 Å². The molecule has 0 aliphatic rings. The van der Waals surface area contributed by atoms with E-state index in [1.807, 2.05) is 36.4 Å². The Hall–Kier alpha value is -4.65. The van der Waals surface area contributed by atoms with Crippen LogP contribution in [0.15, 0.2) is 116 Å². The summed E-state index contributed by atoms with van der Waals surface area (Å²) in [4.78, 5) is 26.6. The summed E-state index contributed by atoms with van der Waals surface area (Å²) in [6.45, 7) is 7.07. The molecule has 13 heteroatoms. The summed E-state index contributed by atoms with van der Waals surface area (Å²) in [6.07, 6.45) is 3.34. The first-order chi connectivity index (χ1) is 24.2. The summed E-state index contributed by atoms with van der Waals surface area (Å²) in [7, 11) is -2.77. The van der Waals surface area contributed by atoms with Gasteiger partial charge in [-0.2, -0.15) is 5.10 Å². The Morgan fingerprint density at radius 2 is 1.50 bits per heavy atom. The van der Waals surface area contributed by atoms with Crippen molar-refractivity contribution in [2.24, 2.45) is 0 Å². The number of fused-ring (bicyclic) bond motifs is 1. The van der Waals surface area contributed by atoms with Gasteiger partial charge in [-0.25, -0.2) is 19.6 Å². The molecule has 6 aromatic rings. The SMILES string of the molecule is CC(C)(C)[Si](OCCOCC(Oc1ncnc2c1cnn2-c1c(Cl)cccc1Cl)C(=O)Nc1ccccn1)(c1ccccc1)c1ccccc1. The Labute approximate surface area is 301 Å². The number of anilines is 1. The van der Waals surface area contributed by atoms with Crippen LogP contribution in [-0.4, -0.2) is 64.9 Å². The lowest BCUT2D eigenvalue weighted by atomic mass is 10.2.